The monoisotopic (exact) mass is 439 g/mol. The van der Waals surface area contributed by atoms with E-state index in [0.29, 0.717) is 0 Å². The quantitative estimate of drug-likeness (QED) is 0.422. The standard InChI is InChI=1S/C23H29N5O4/c24-20(15-9-5-2-6-10-15)22(30)28-17(14-7-3-1-4-8-14)11-19(29)27-18-13-26-12-16(21(18)25)23(31)32/h1,3-4,7-8,12-13,15,17,20H,2,5-6,9-11,24H2,(H2,25,26)(H,27,29)(H,28,30)(H,31,32)/t17-,20+/m1/s1. The summed E-state index contributed by atoms with van der Waals surface area (Å²) in [6, 6.07) is 7.92. The highest BCUT2D eigenvalue weighted by Crippen LogP contribution is 2.27. The summed E-state index contributed by atoms with van der Waals surface area (Å²) in [6.07, 6.45) is 7.49. The van der Waals surface area contributed by atoms with Crippen LogP contribution in [0.25, 0.3) is 0 Å². The lowest BCUT2D eigenvalue weighted by atomic mass is 9.84. The topological polar surface area (TPSA) is 160 Å². The number of benzene rings is 1. The van der Waals surface area contributed by atoms with E-state index in [1.54, 1.807) is 0 Å². The van der Waals surface area contributed by atoms with E-state index in [2.05, 4.69) is 15.6 Å². The van der Waals surface area contributed by atoms with Gasteiger partial charge in [0.15, 0.2) is 0 Å². The van der Waals surface area contributed by atoms with E-state index in [-0.39, 0.29) is 35.2 Å². The molecule has 1 aliphatic rings. The first-order chi connectivity index (χ1) is 15.4. The molecule has 1 aromatic heterocycles. The number of nitrogens with two attached hydrogens (primary N) is 2. The minimum Gasteiger partial charge on any atom is -0.478 e. The summed E-state index contributed by atoms with van der Waals surface area (Å²) >= 11 is 0. The second-order valence-electron chi connectivity index (χ2n) is 8.10. The van der Waals surface area contributed by atoms with Gasteiger partial charge in [0.25, 0.3) is 0 Å². The molecule has 1 heterocycles. The van der Waals surface area contributed by atoms with Crippen LogP contribution in [0.1, 0.15) is 60.5 Å². The first kappa shape index (κ1) is 23.2. The second kappa shape index (κ2) is 10.7. The molecular weight excluding hydrogens is 410 g/mol. The fourth-order valence-corrected chi connectivity index (χ4v) is 4.04. The molecule has 2 aromatic rings. The maximum absolute atomic E-state index is 12.9. The van der Waals surface area contributed by atoms with E-state index in [4.69, 9.17) is 11.5 Å². The van der Waals surface area contributed by atoms with Gasteiger partial charge in [0, 0.05) is 6.20 Å². The summed E-state index contributed by atoms with van der Waals surface area (Å²) in [7, 11) is 0. The zero-order valence-electron chi connectivity index (χ0n) is 17.8. The highest BCUT2D eigenvalue weighted by atomic mass is 16.4. The molecule has 0 bridgehead atoms. The van der Waals surface area contributed by atoms with Gasteiger partial charge < -0.3 is 27.2 Å². The van der Waals surface area contributed by atoms with Crippen LogP contribution in [0.15, 0.2) is 42.7 Å². The molecule has 2 atom stereocenters. The molecule has 1 fully saturated rings. The van der Waals surface area contributed by atoms with Gasteiger partial charge in [-0.1, -0.05) is 49.6 Å². The lowest BCUT2D eigenvalue weighted by Gasteiger charge is -2.28. The molecule has 7 N–H and O–H groups in total. The molecule has 32 heavy (non-hydrogen) atoms. The first-order valence-corrected chi connectivity index (χ1v) is 10.7. The number of nitrogen functional groups attached to an aromatic ring is 1. The minimum atomic E-state index is -1.24. The predicted molar refractivity (Wildman–Crippen MR) is 121 cm³/mol. The molecule has 3 rings (SSSR count). The molecule has 0 unspecified atom stereocenters. The number of hydrogen-bond acceptors (Lipinski definition) is 6. The third-order valence-corrected chi connectivity index (χ3v) is 5.86. The second-order valence-corrected chi connectivity index (χ2v) is 8.10. The summed E-state index contributed by atoms with van der Waals surface area (Å²) < 4.78 is 0. The van der Waals surface area contributed by atoms with E-state index in [1.165, 1.54) is 12.6 Å². The average Bonchev–Trinajstić information content (AvgIpc) is 2.80. The van der Waals surface area contributed by atoms with E-state index < -0.39 is 24.0 Å². The Kier molecular flexibility index (Phi) is 7.77. The zero-order valence-corrected chi connectivity index (χ0v) is 17.8. The van der Waals surface area contributed by atoms with Crippen molar-refractivity contribution in [1.29, 1.82) is 0 Å². The van der Waals surface area contributed by atoms with Gasteiger partial charge in [-0.25, -0.2) is 4.79 Å². The van der Waals surface area contributed by atoms with Crippen molar-refractivity contribution in [3.05, 3.63) is 53.9 Å². The SMILES string of the molecule is Nc1c(NC(=O)C[C@@H](NC(=O)[C@@H](N)C2CCCCC2)c2ccccc2)cncc1C(=O)O. The number of carboxylic acids is 1. The Labute approximate surface area is 186 Å². The van der Waals surface area contributed by atoms with Crippen molar-refractivity contribution in [3.8, 4) is 0 Å². The molecule has 170 valence electrons. The molecule has 0 radical (unpaired) electrons. The van der Waals surface area contributed by atoms with Crippen molar-refractivity contribution >= 4 is 29.2 Å². The number of aromatic nitrogens is 1. The number of carbonyl (C=O) groups is 3. The van der Waals surface area contributed by atoms with E-state index >= 15 is 0 Å². The highest BCUT2D eigenvalue weighted by molar-refractivity contribution is 6.01. The zero-order chi connectivity index (χ0) is 23.1. The number of aromatic carboxylic acids is 1. The summed E-state index contributed by atoms with van der Waals surface area (Å²) in [5.74, 6) is -1.83. The Balaban J connectivity index is 1.72. The van der Waals surface area contributed by atoms with Crippen molar-refractivity contribution in [2.24, 2.45) is 11.7 Å². The number of rotatable bonds is 8. The van der Waals surface area contributed by atoms with Crippen molar-refractivity contribution in [1.82, 2.24) is 10.3 Å². The number of amides is 2. The van der Waals surface area contributed by atoms with Gasteiger partial charge in [-0.2, -0.15) is 0 Å². The van der Waals surface area contributed by atoms with Gasteiger partial charge >= 0.3 is 5.97 Å². The number of pyridine rings is 1. The van der Waals surface area contributed by atoms with Crippen LogP contribution < -0.4 is 22.1 Å². The molecule has 2 amide bonds. The number of nitrogens with one attached hydrogen (secondary N) is 2. The van der Waals surface area contributed by atoms with Crippen LogP contribution in [-0.4, -0.2) is 33.9 Å². The molecular formula is C23H29N5O4. The Bertz CT molecular complexity index is 960. The molecule has 1 aliphatic carbocycles. The fraction of sp³-hybridized carbons (Fsp3) is 0.391. The Morgan fingerprint density at radius 1 is 1.09 bits per heavy atom. The fourth-order valence-electron chi connectivity index (χ4n) is 4.04. The first-order valence-electron chi connectivity index (χ1n) is 10.7. The minimum absolute atomic E-state index is 0.0795. The van der Waals surface area contributed by atoms with Gasteiger partial charge in [-0.15, -0.1) is 0 Å². The van der Waals surface area contributed by atoms with Crippen LogP contribution in [0.3, 0.4) is 0 Å². The Morgan fingerprint density at radius 2 is 1.78 bits per heavy atom. The number of hydrogen-bond donors (Lipinski definition) is 5. The van der Waals surface area contributed by atoms with E-state index in [0.717, 1.165) is 37.4 Å². The maximum Gasteiger partial charge on any atom is 0.339 e. The Morgan fingerprint density at radius 3 is 2.44 bits per heavy atom. The largest absolute Gasteiger partial charge is 0.478 e. The van der Waals surface area contributed by atoms with Gasteiger partial charge in [0.05, 0.1) is 36.1 Å². The summed E-state index contributed by atoms with van der Waals surface area (Å²) in [5, 5.41) is 14.7. The molecule has 0 saturated heterocycles. The smallest absolute Gasteiger partial charge is 0.339 e. The summed E-state index contributed by atoms with van der Waals surface area (Å²) in [5.41, 5.74) is 12.7. The Hall–Kier alpha value is -3.46. The van der Waals surface area contributed by atoms with Crippen molar-refractivity contribution in [2.45, 2.75) is 50.6 Å². The summed E-state index contributed by atoms with van der Waals surface area (Å²) in [6.45, 7) is 0. The number of anilines is 2. The average molecular weight is 440 g/mol. The van der Waals surface area contributed by atoms with Crippen LogP contribution in [0.4, 0.5) is 11.4 Å². The van der Waals surface area contributed by atoms with Crippen LogP contribution in [0.5, 0.6) is 0 Å². The number of carboxylic acid groups (broad SMARTS) is 1. The highest BCUT2D eigenvalue weighted by Gasteiger charge is 2.28. The molecule has 9 nitrogen and oxygen atoms in total. The van der Waals surface area contributed by atoms with E-state index in [1.807, 2.05) is 30.3 Å². The molecule has 1 aromatic carbocycles. The predicted octanol–water partition coefficient (Wildman–Crippen LogP) is 2.46. The van der Waals surface area contributed by atoms with Crippen molar-refractivity contribution < 1.29 is 19.5 Å². The van der Waals surface area contributed by atoms with Gasteiger partial charge in [-0.05, 0) is 24.3 Å². The van der Waals surface area contributed by atoms with E-state index in [9.17, 15) is 19.5 Å². The number of carbonyl (C=O) groups excluding carboxylic acids is 2. The molecule has 0 spiro atoms. The van der Waals surface area contributed by atoms with Crippen LogP contribution in [0, 0.1) is 5.92 Å². The van der Waals surface area contributed by atoms with Crippen molar-refractivity contribution in [2.75, 3.05) is 11.1 Å². The maximum atomic E-state index is 12.9. The van der Waals surface area contributed by atoms with Crippen LogP contribution in [0.2, 0.25) is 0 Å². The van der Waals surface area contributed by atoms with Crippen LogP contribution in [-0.2, 0) is 9.59 Å². The third-order valence-electron chi connectivity index (χ3n) is 5.86. The third kappa shape index (κ3) is 5.82. The lowest BCUT2D eigenvalue weighted by molar-refractivity contribution is -0.125. The normalized spacial score (nSPS) is 16.0. The summed E-state index contributed by atoms with van der Waals surface area (Å²) in [4.78, 5) is 40.7. The van der Waals surface area contributed by atoms with Gasteiger partial charge in [-0.3, -0.25) is 14.6 Å². The molecule has 1 saturated carbocycles. The van der Waals surface area contributed by atoms with Crippen molar-refractivity contribution in [3.63, 3.8) is 0 Å². The molecule has 9 heteroatoms. The number of nitrogens with zero attached hydrogens (tertiary/aromatic N) is 1. The lowest BCUT2D eigenvalue weighted by Crippen LogP contribution is -2.47. The molecule has 0 aliphatic heterocycles. The van der Waals surface area contributed by atoms with Gasteiger partial charge in [0.1, 0.15) is 5.56 Å². The van der Waals surface area contributed by atoms with Crippen LogP contribution >= 0.6 is 0 Å². The van der Waals surface area contributed by atoms with Gasteiger partial charge in [0.2, 0.25) is 11.8 Å².